The number of halogens is 1. The van der Waals surface area contributed by atoms with Crippen molar-refractivity contribution < 1.29 is 13.9 Å². The normalized spacial score (nSPS) is 14.3. The molecule has 0 spiro atoms. The molecule has 0 radical (unpaired) electrons. The molecule has 3 nitrogen and oxygen atoms in total. The molecule has 1 aliphatic heterocycles. The van der Waals surface area contributed by atoms with E-state index in [-0.39, 0.29) is 18.7 Å². The van der Waals surface area contributed by atoms with Crippen molar-refractivity contribution in [2.24, 2.45) is 0 Å². The lowest BCUT2D eigenvalue weighted by Crippen LogP contribution is -2.18. The van der Waals surface area contributed by atoms with Crippen LogP contribution >= 0.6 is 0 Å². The number of benzene rings is 2. The lowest BCUT2D eigenvalue weighted by Gasteiger charge is -2.15. The van der Waals surface area contributed by atoms with Crippen LogP contribution in [-0.2, 0) is 6.54 Å². The van der Waals surface area contributed by atoms with E-state index < -0.39 is 0 Å². The van der Waals surface area contributed by atoms with Crippen LogP contribution < -0.4 is 14.8 Å². The predicted molar refractivity (Wildman–Crippen MR) is 74.2 cm³/mol. The summed E-state index contributed by atoms with van der Waals surface area (Å²) in [6, 6.07) is 12.5. The Bertz CT molecular complexity index is 598. The Morgan fingerprint density at radius 3 is 2.75 bits per heavy atom. The number of nitrogens with one attached hydrogen (secondary N) is 1. The van der Waals surface area contributed by atoms with Crippen LogP contribution in [-0.4, -0.2) is 6.79 Å². The monoisotopic (exact) mass is 273 g/mol. The van der Waals surface area contributed by atoms with Crippen LogP contribution in [0.2, 0.25) is 0 Å². The van der Waals surface area contributed by atoms with Gasteiger partial charge in [-0.3, -0.25) is 0 Å². The van der Waals surface area contributed by atoms with E-state index in [0.717, 1.165) is 22.6 Å². The maximum atomic E-state index is 12.9. The smallest absolute Gasteiger partial charge is 0.231 e. The molecule has 0 fully saturated rings. The van der Waals surface area contributed by atoms with Crippen molar-refractivity contribution >= 4 is 0 Å². The molecule has 0 aliphatic carbocycles. The second kappa shape index (κ2) is 5.51. The molecule has 2 aromatic carbocycles. The Kier molecular flexibility index (Phi) is 3.56. The van der Waals surface area contributed by atoms with Crippen LogP contribution in [0.4, 0.5) is 4.39 Å². The molecule has 0 saturated carbocycles. The first kappa shape index (κ1) is 12.9. The van der Waals surface area contributed by atoms with E-state index in [1.807, 2.05) is 25.1 Å². The van der Waals surface area contributed by atoms with Crippen molar-refractivity contribution in [3.05, 3.63) is 59.4 Å². The van der Waals surface area contributed by atoms with Gasteiger partial charge in [-0.1, -0.05) is 24.3 Å². The Morgan fingerprint density at radius 1 is 1.15 bits per heavy atom. The average Bonchev–Trinajstić information content (AvgIpc) is 2.94. The summed E-state index contributed by atoms with van der Waals surface area (Å²) in [6.45, 7) is 3.00. The van der Waals surface area contributed by atoms with Gasteiger partial charge in [-0.2, -0.15) is 0 Å². The molecular formula is C16H16FNO2. The summed E-state index contributed by atoms with van der Waals surface area (Å²) >= 11 is 0. The minimum Gasteiger partial charge on any atom is -0.454 e. The molecule has 0 amide bonds. The van der Waals surface area contributed by atoms with Crippen LogP contribution in [0.3, 0.4) is 0 Å². The highest BCUT2D eigenvalue weighted by Crippen LogP contribution is 2.35. The highest BCUT2D eigenvalue weighted by molar-refractivity contribution is 5.48. The predicted octanol–water partition coefficient (Wildman–Crippen LogP) is 3.41. The summed E-state index contributed by atoms with van der Waals surface area (Å²) in [7, 11) is 0. The summed E-state index contributed by atoms with van der Waals surface area (Å²) in [6.07, 6.45) is 0. The van der Waals surface area contributed by atoms with Crippen LogP contribution in [0.15, 0.2) is 42.5 Å². The van der Waals surface area contributed by atoms with Gasteiger partial charge in [0.1, 0.15) is 5.82 Å². The molecule has 20 heavy (non-hydrogen) atoms. The second-order valence-electron chi connectivity index (χ2n) is 4.81. The van der Waals surface area contributed by atoms with Crippen molar-refractivity contribution in [3.8, 4) is 11.5 Å². The molecule has 1 atom stereocenters. The van der Waals surface area contributed by atoms with Crippen molar-refractivity contribution in [2.75, 3.05) is 6.79 Å². The first-order chi connectivity index (χ1) is 9.74. The first-order valence-electron chi connectivity index (χ1n) is 6.60. The van der Waals surface area contributed by atoms with E-state index in [4.69, 9.17) is 9.47 Å². The van der Waals surface area contributed by atoms with E-state index in [2.05, 4.69) is 5.32 Å². The molecule has 0 bridgehead atoms. The maximum absolute atomic E-state index is 12.9. The molecule has 104 valence electrons. The van der Waals surface area contributed by atoms with E-state index >= 15 is 0 Å². The zero-order chi connectivity index (χ0) is 13.9. The fourth-order valence-electron chi connectivity index (χ4n) is 2.26. The zero-order valence-electron chi connectivity index (χ0n) is 11.2. The Balaban J connectivity index is 1.68. The Labute approximate surface area is 117 Å². The summed E-state index contributed by atoms with van der Waals surface area (Å²) < 4.78 is 23.7. The average molecular weight is 273 g/mol. The van der Waals surface area contributed by atoms with Gasteiger partial charge in [0.15, 0.2) is 11.5 Å². The molecule has 1 heterocycles. The number of ether oxygens (including phenoxy) is 2. The zero-order valence-corrected chi connectivity index (χ0v) is 11.2. The minimum atomic E-state index is -0.215. The third-order valence-corrected chi connectivity index (χ3v) is 3.45. The maximum Gasteiger partial charge on any atom is 0.231 e. The quantitative estimate of drug-likeness (QED) is 0.926. The van der Waals surface area contributed by atoms with E-state index in [1.165, 1.54) is 12.1 Å². The minimum absolute atomic E-state index is 0.133. The van der Waals surface area contributed by atoms with Crippen LogP contribution in [0.5, 0.6) is 11.5 Å². The van der Waals surface area contributed by atoms with Crippen LogP contribution in [0.25, 0.3) is 0 Å². The summed E-state index contributed by atoms with van der Waals surface area (Å²) in [5, 5.41) is 3.41. The van der Waals surface area contributed by atoms with Gasteiger partial charge in [0, 0.05) is 18.2 Å². The molecule has 0 unspecified atom stereocenters. The van der Waals surface area contributed by atoms with Crippen LogP contribution in [0.1, 0.15) is 24.1 Å². The fourth-order valence-corrected chi connectivity index (χ4v) is 2.26. The SMILES string of the molecule is C[C@H](NCc1cccc2c1OCO2)c1ccc(F)cc1. The molecule has 2 aromatic rings. The largest absolute Gasteiger partial charge is 0.454 e. The number of rotatable bonds is 4. The van der Waals surface area contributed by atoms with Gasteiger partial charge in [0.25, 0.3) is 0 Å². The van der Waals surface area contributed by atoms with E-state index in [1.54, 1.807) is 12.1 Å². The van der Waals surface area contributed by atoms with Crippen molar-refractivity contribution in [3.63, 3.8) is 0 Å². The molecule has 4 heteroatoms. The summed E-state index contributed by atoms with van der Waals surface area (Å²) in [5.74, 6) is 1.39. The molecular weight excluding hydrogens is 257 g/mol. The first-order valence-corrected chi connectivity index (χ1v) is 6.60. The Morgan fingerprint density at radius 2 is 1.95 bits per heavy atom. The van der Waals surface area contributed by atoms with Crippen molar-refractivity contribution in [1.29, 1.82) is 0 Å². The van der Waals surface area contributed by atoms with Gasteiger partial charge in [-0.25, -0.2) is 4.39 Å². The number of fused-ring (bicyclic) bond motifs is 1. The highest BCUT2D eigenvalue weighted by atomic mass is 19.1. The van der Waals surface area contributed by atoms with Gasteiger partial charge in [0.05, 0.1) is 0 Å². The lowest BCUT2D eigenvalue weighted by molar-refractivity contribution is 0.173. The van der Waals surface area contributed by atoms with Gasteiger partial charge < -0.3 is 14.8 Å². The van der Waals surface area contributed by atoms with Gasteiger partial charge >= 0.3 is 0 Å². The van der Waals surface area contributed by atoms with Crippen LogP contribution in [0, 0.1) is 5.82 Å². The topological polar surface area (TPSA) is 30.5 Å². The molecule has 1 aliphatic rings. The van der Waals surface area contributed by atoms with E-state index in [9.17, 15) is 4.39 Å². The molecule has 1 N–H and O–H groups in total. The van der Waals surface area contributed by atoms with Gasteiger partial charge in [-0.15, -0.1) is 0 Å². The Hall–Kier alpha value is -2.07. The fraction of sp³-hybridized carbons (Fsp3) is 0.250. The van der Waals surface area contributed by atoms with Crippen molar-refractivity contribution in [1.82, 2.24) is 5.32 Å². The molecule has 0 aromatic heterocycles. The third-order valence-electron chi connectivity index (χ3n) is 3.45. The third kappa shape index (κ3) is 2.60. The summed E-state index contributed by atoms with van der Waals surface area (Å²) in [4.78, 5) is 0. The number of hydrogen-bond donors (Lipinski definition) is 1. The van der Waals surface area contributed by atoms with E-state index in [0.29, 0.717) is 6.54 Å². The number of hydrogen-bond acceptors (Lipinski definition) is 3. The van der Waals surface area contributed by atoms with Crippen molar-refractivity contribution in [2.45, 2.75) is 19.5 Å². The van der Waals surface area contributed by atoms with Gasteiger partial charge in [0.2, 0.25) is 6.79 Å². The molecule has 0 saturated heterocycles. The second-order valence-corrected chi connectivity index (χ2v) is 4.81. The standard InChI is InChI=1S/C16H16FNO2/c1-11(12-5-7-14(17)8-6-12)18-9-13-3-2-4-15-16(13)20-10-19-15/h2-8,11,18H,9-10H2,1H3/t11-/m0/s1. The summed E-state index contributed by atoms with van der Waals surface area (Å²) in [5.41, 5.74) is 2.12. The van der Waals surface area contributed by atoms with Gasteiger partial charge in [-0.05, 0) is 30.7 Å². The lowest BCUT2D eigenvalue weighted by atomic mass is 10.1. The highest BCUT2D eigenvalue weighted by Gasteiger charge is 2.17. The molecule has 3 rings (SSSR count). The number of para-hydroxylation sites is 1.